The Labute approximate surface area is 143 Å². The molecule has 1 heterocycles. The van der Waals surface area contributed by atoms with Gasteiger partial charge in [0.05, 0.1) is 12.4 Å². The smallest absolute Gasteiger partial charge is 0.232 e. The first-order valence-electron chi connectivity index (χ1n) is 7.70. The molecule has 0 radical (unpaired) electrons. The largest absolute Gasteiger partial charge is 0.472 e. The van der Waals surface area contributed by atoms with E-state index in [4.69, 9.17) is 4.74 Å². The first-order chi connectivity index (χ1) is 11.2. The molecule has 1 N–H and O–H groups in total. The van der Waals surface area contributed by atoms with Gasteiger partial charge < -0.3 is 9.46 Å². The fraction of sp³-hybridized carbons (Fsp3) is 0.333. The lowest BCUT2D eigenvalue weighted by molar-refractivity contribution is 0.337. The zero-order chi connectivity index (χ0) is 17.1. The zero-order valence-corrected chi connectivity index (χ0v) is 15.1. The molecule has 0 bridgehead atoms. The number of aromatic nitrogens is 2. The molecule has 5 heteroatoms. The van der Waals surface area contributed by atoms with E-state index < -0.39 is 0 Å². The summed E-state index contributed by atoms with van der Waals surface area (Å²) in [5.74, 6) is 1.20. The number of allylic oxidation sites excluding steroid dienone is 4. The Balaban J connectivity index is 0.00000127. The summed E-state index contributed by atoms with van der Waals surface area (Å²) in [7, 11) is 0. The topological polar surface area (TPSA) is 47.0 Å². The Bertz CT molecular complexity index is 589. The van der Waals surface area contributed by atoms with Crippen LogP contribution in [0.5, 0.6) is 5.88 Å². The summed E-state index contributed by atoms with van der Waals surface area (Å²) < 4.78 is 8.74. The lowest BCUT2D eigenvalue weighted by Gasteiger charge is -2.12. The summed E-state index contributed by atoms with van der Waals surface area (Å²) in [5.41, 5.74) is 3.78. The number of hydrogen-bond donors (Lipinski definition) is 1. The zero-order valence-electron chi connectivity index (χ0n) is 14.3. The minimum Gasteiger partial charge on any atom is -0.472 e. The number of rotatable bonds is 6. The summed E-state index contributed by atoms with van der Waals surface area (Å²) in [6.07, 6.45) is 10.6. The molecule has 0 aromatic carbocycles. The second-order valence-electron chi connectivity index (χ2n) is 4.66. The second-order valence-corrected chi connectivity index (χ2v) is 5.43. The monoisotopic (exact) mass is 331 g/mol. The molecule has 0 aliphatic heterocycles. The van der Waals surface area contributed by atoms with Crippen molar-refractivity contribution in [2.45, 2.75) is 34.1 Å². The molecule has 2 rings (SSSR count). The Morgan fingerprint density at radius 1 is 1.30 bits per heavy atom. The number of nitrogens with one attached hydrogen (secondary N) is 1. The molecule has 0 atom stereocenters. The molecule has 0 spiro atoms. The van der Waals surface area contributed by atoms with E-state index in [1.165, 1.54) is 28.7 Å². The van der Waals surface area contributed by atoms with Crippen molar-refractivity contribution in [3.05, 3.63) is 59.3 Å². The highest BCUT2D eigenvalue weighted by molar-refractivity contribution is 8.03. The fourth-order valence-corrected chi connectivity index (χ4v) is 2.26. The Morgan fingerprint density at radius 2 is 2.09 bits per heavy atom. The van der Waals surface area contributed by atoms with Crippen LogP contribution in [0.4, 0.5) is 5.82 Å². The molecule has 1 aliphatic carbocycles. The molecule has 1 aromatic rings. The van der Waals surface area contributed by atoms with Crippen molar-refractivity contribution >= 4 is 17.8 Å². The maximum Gasteiger partial charge on any atom is 0.232 e. The van der Waals surface area contributed by atoms with Gasteiger partial charge in [0.2, 0.25) is 5.88 Å². The molecule has 0 saturated carbocycles. The SMILES string of the molecule is C=CSNc1cnc(OCC2=C(C)CC=CC=C2C)cn1.CC. The van der Waals surface area contributed by atoms with Gasteiger partial charge in [0.1, 0.15) is 6.61 Å². The van der Waals surface area contributed by atoms with Gasteiger partial charge in [-0.15, -0.1) is 0 Å². The van der Waals surface area contributed by atoms with Crippen LogP contribution in [0.15, 0.2) is 59.3 Å². The van der Waals surface area contributed by atoms with Crippen LogP contribution in [0, 0.1) is 0 Å². The molecule has 0 fully saturated rings. The second kappa shape index (κ2) is 10.7. The lowest BCUT2D eigenvalue weighted by atomic mass is 10.0. The quantitative estimate of drug-likeness (QED) is 0.716. The third-order valence-corrected chi connectivity index (χ3v) is 3.63. The molecule has 124 valence electrons. The molecule has 0 saturated heterocycles. The van der Waals surface area contributed by atoms with Gasteiger partial charge in [-0.05, 0) is 48.8 Å². The highest BCUT2D eigenvalue weighted by Crippen LogP contribution is 2.21. The molecule has 1 aliphatic rings. The van der Waals surface area contributed by atoms with Gasteiger partial charge in [0, 0.05) is 0 Å². The Morgan fingerprint density at radius 3 is 2.74 bits per heavy atom. The van der Waals surface area contributed by atoms with Crippen LogP contribution in [-0.4, -0.2) is 16.6 Å². The van der Waals surface area contributed by atoms with E-state index in [-0.39, 0.29) is 0 Å². The Hall–Kier alpha value is -2.01. The van der Waals surface area contributed by atoms with E-state index in [1.807, 2.05) is 13.8 Å². The number of anilines is 1. The third-order valence-electron chi connectivity index (χ3n) is 3.14. The van der Waals surface area contributed by atoms with Crippen molar-refractivity contribution in [1.82, 2.24) is 9.97 Å². The van der Waals surface area contributed by atoms with Crippen molar-refractivity contribution in [3.8, 4) is 5.88 Å². The highest BCUT2D eigenvalue weighted by Gasteiger charge is 2.08. The van der Waals surface area contributed by atoms with Crippen LogP contribution in [0.2, 0.25) is 0 Å². The van der Waals surface area contributed by atoms with Crippen LogP contribution in [0.25, 0.3) is 0 Å². The summed E-state index contributed by atoms with van der Waals surface area (Å²) >= 11 is 1.35. The van der Waals surface area contributed by atoms with E-state index in [0.29, 0.717) is 18.3 Å². The minimum absolute atomic E-state index is 0.513. The maximum absolute atomic E-state index is 5.75. The van der Waals surface area contributed by atoms with Gasteiger partial charge in [-0.3, -0.25) is 0 Å². The van der Waals surface area contributed by atoms with E-state index in [1.54, 1.807) is 17.8 Å². The van der Waals surface area contributed by atoms with E-state index in [0.717, 1.165) is 6.42 Å². The maximum atomic E-state index is 5.75. The van der Waals surface area contributed by atoms with Crippen LogP contribution in [0.1, 0.15) is 34.1 Å². The standard InChI is InChI=1S/C16H19N3OS.C2H6/c1-4-21-19-15-9-18-16(10-17-15)20-11-14-12(2)7-5-6-8-13(14)3;1-2/h4-7,9-10H,1,8,11H2,2-3H3,(H,17,19);1-2H3. The van der Waals surface area contributed by atoms with Crippen LogP contribution in [-0.2, 0) is 0 Å². The molecule has 0 amide bonds. The third kappa shape index (κ3) is 6.32. The van der Waals surface area contributed by atoms with Crippen molar-refractivity contribution < 1.29 is 4.74 Å². The van der Waals surface area contributed by atoms with Gasteiger partial charge >= 0.3 is 0 Å². The number of hydrogen-bond acceptors (Lipinski definition) is 5. The van der Waals surface area contributed by atoms with Gasteiger partial charge in [0.25, 0.3) is 0 Å². The summed E-state index contributed by atoms with van der Waals surface area (Å²) in [5, 5.41) is 1.69. The average Bonchev–Trinajstić information content (AvgIpc) is 2.75. The number of ether oxygens (including phenoxy) is 1. The first-order valence-corrected chi connectivity index (χ1v) is 8.58. The van der Waals surface area contributed by atoms with E-state index in [2.05, 4.69) is 53.3 Å². The Kier molecular flexibility index (Phi) is 8.83. The summed E-state index contributed by atoms with van der Waals surface area (Å²) in [6, 6.07) is 0. The fourth-order valence-electron chi connectivity index (χ4n) is 1.95. The van der Waals surface area contributed by atoms with Crippen LogP contribution < -0.4 is 9.46 Å². The molecule has 0 unspecified atom stereocenters. The van der Waals surface area contributed by atoms with E-state index in [9.17, 15) is 0 Å². The molecule has 4 nitrogen and oxygen atoms in total. The first kappa shape index (κ1) is 19.0. The number of nitrogens with zero attached hydrogens (tertiary/aromatic N) is 2. The molecular weight excluding hydrogens is 306 g/mol. The van der Waals surface area contributed by atoms with Crippen LogP contribution in [0.3, 0.4) is 0 Å². The minimum atomic E-state index is 0.513. The van der Waals surface area contributed by atoms with Crippen molar-refractivity contribution in [2.24, 2.45) is 0 Å². The summed E-state index contributed by atoms with van der Waals surface area (Å²) in [6.45, 7) is 12.4. The van der Waals surface area contributed by atoms with Crippen molar-refractivity contribution in [2.75, 3.05) is 11.3 Å². The van der Waals surface area contributed by atoms with Crippen molar-refractivity contribution in [3.63, 3.8) is 0 Å². The molecular formula is C18H25N3OS. The molecule has 1 aromatic heterocycles. The van der Waals surface area contributed by atoms with Gasteiger partial charge in [-0.2, -0.15) is 0 Å². The van der Waals surface area contributed by atoms with Crippen LogP contribution >= 0.6 is 11.9 Å². The normalized spacial score (nSPS) is 13.5. The highest BCUT2D eigenvalue weighted by atomic mass is 32.2. The summed E-state index contributed by atoms with van der Waals surface area (Å²) in [4.78, 5) is 8.46. The predicted molar refractivity (Wildman–Crippen MR) is 100 cm³/mol. The average molecular weight is 331 g/mol. The lowest BCUT2D eigenvalue weighted by Crippen LogP contribution is -2.06. The van der Waals surface area contributed by atoms with Crippen molar-refractivity contribution in [1.29, 1.82) is 0 Å². The van der Waals surface area contributed by atoms with E-state index >= 15 is 0 Å². The van der Waals surface area contributed by atoms with Gasteiger partial charge in [0.15, 0.2) is 5.82 Å². The predicted octanol–water partition coefficient (Wildman–Crippen LogP) is 5.31. The van der Waals surface area contributed by atoms with Gasteiger partial charge in [-0.1, -0.05) is 44.2 Å². The van der Waals surface area contributed by atoms with Gasteiger partial charge in [-0.25, -0.2) is 9.97 Å². The molecule has 23 heavy (non-hydrogen) atoms.